The van der Waals surface area contributed by atoms with Gasteiger partial charge in [-0.2, -0.15) is 13.2 Å². The first-order chi connectivity index (χ1) is 8.04. The number of alkyl halides is 3. The van der Waals surface area contributed by atoms with E-state index in [1.54, 1.807) is 0 Å². The van der Waals surface area contributed by atoms with E-state index in [9.17, 15) is 18.0 Å². The molecule has 0 bridgehead atoms. The SMILES string of the molecule is COCCN(CC(C)C)C(=O)C(C)(N)C(F)(F)F. The molecule has 0 aromatic rings. The van der Waals surface area contributed by atoms with Crippen molar-refractivity contribution in [3.63, 3.8) is 0 Å². The number of ether oxygens (including phenoxy) is 1. The summed E-state index contributed by atoms with van der Waals surface area (Å²) in [5.41, 5.74) is 2.26. The molecule has 0 saturated carbocycles. The summed E-state index contributed by atoms with van der Waals surface area (Å²) in [6, 6.07) is 0. The predicted octanol–water partition coefficient (Wildman–Crippen LogP) is 1.40. The lowest BCUT2D eigenvalue weighted by molar-refractivity contribution is -0.194. The van der Waals surface area contributed by atoms with Crippen LogP contribution in [0.5, 0.6) is 0 Å². The minimum absolute atomic E-state index is 0.0508. The first-order valence-electron chi connectivity index (χ1n) is 5.68. The molecule has 1 unspecified atom stereocenters. The number of halogens is 3. The van der Waals surface area contributed by atoms with E-state index in [4.69, 9.17) is 10.5 Å². The molecule has 1 atom stereocenters. The van der Waals surface area contributed by atoms with Crippen molar-refractivity contribution in [1.29, 1.82) is 0 Å². The summed E-state index contributed by atoms with van der Waals surface area (Å²) in [5, 5.41) is 0. The van der Waals surface area contributed by atoms with Crippen molar-refractivity contribution in [1.82, 2.24) is 4.90 Å². The number of nitrogens with two attached hydrogens (primary N) is 1. The third kappa shape index (κ3) is 4.45. The maximum absolute atomic E-state index is 12.7. The van der Waals surface area contributed by atoms with E-state index in [-0.39, 0.29) is 25.6 Å². The topological polar surface area (TPSA) is 55.6 Å². The van der Waals surface area contributed by atoms with Crippen LogP contribution in [0.25, 0.3) is 0 Å². The van der Waals surface area contributed by atoms with Crippen LogP contribution in [0.1, 0.15) is 20.8 Å². The molecule has 7 heteroatoms. The van der Waals surface area contributed by atoms with Gasteiger partial charge in [-0.25, -0.2) is 0 Å². The number of carbonyl (C=O) groups is 1. The van der Waals surface area contributed by atoms with E-state index in [2.05, 4.69) is 0 Å². The van der Waals surface area contributed by atoms with Crippen LogP contribution in [0.15, 0.2) is 0 Å². The van der Waals surface area contributed by atoms with E-state index in [0.29, 0.717) is 6.92 Å². The lowest BCUT2D eigenvalue weighted by Crippen LogP contribution is -2.62. The summed E-state index contributed by atoms with van der Waals surface area (Å²) in [6.45, 7) is 4.80. The van der Waals surface area contributed by atoms with E-state index in [0.717, 1.165) is 4.90 Å². The van der Waals surface area contributed by atoms with Gasteiger partial charge in [-0.15, -0.1) is 0 Å². The summed E-state index contributed by atoms with van der Waals surface area (Å²) < 4.78 is 42.9. The third-order valence-corrected chi connectivity index (χ3v) is 2.47. The Morgan fingerprint density at radius 1 is 1.39 bits per heavy atom. The number of hydrogen-bond donors (Lipinski definition) is 1. The molecule has 0 radical (unpaired) electrons. The highest BCUT2D eigenvalue weighted by Gasteiger charge is 2.55. The minimum atomic E-state index is -4.77. The van der Waals surface area contributed by atoms with Gasteiger partial charge in [-0.3, -0.25) is 4.79 Å². The van der Waals surface area contributed by atoms with Crippen molar-refractivity contribution in [3.05, 3.63) is 0 Å². The van der Waals surface area contributed by atoms with Gasteiger partial charge < -0.3 is 15.4 Å². The van der Waals surface area contributed by atoms with Crippen molar-refractivity contribution in [3.8, 4) is 0 Å². The van der Waals surface area contributed by atoms with Gasteiger partial charge in [0, 0.05) is 20.2 Å². The predicted molar refractivity (Wildman–Crippen MR) is 61.9 cm³/mol. The second-order valence-electron chi connectivity index (χ2n) is 4.84. The molecule has 4 nitrogen and oxygen atoms in total. The normalized spacial score (nSPS) is 15.6. The van der Waals surface area contributed by atoms with Gasteiger partial charge in [0.15, 0.2) is 5.54 Å². The van der Waals surface area contributed by atoms with Crippen molar-refractivity contribution >= 4 is 5.91 Å². The number of amides is 1. The second kappa shape index (κ2) is 6.38. The number of nitrogens with zero attached hydrogens (tertiary/aromatic N) is 1. The molecule has 0 rings (SSSR count). The van der Waals surface area contributed by atoms with E-state index < -0.39 is 17.6 Å². The molecule has 0 aliphatic heterocycles. The zero-order valence-corrected chi connectivity index (χ0v) is 11.2. The fourth-order valence-corrected chi connectivity index (χ4v) is 1.37. The molecule has 0 aliphatic carbocycles. The largest absolute Gasteiger partial charge is 0.415 e. The molecule has 0 aromatic carbocycles. The van der Waals surface area contributed by atoms with E-state index >= 15 is 0 Å². The van der Waals surface area contributed by atoms with Crippen molar-refractivity contribution < 1.29 is 22.7 Å². The molecule has 0 aromatic heterocycles. The van der Waals surface area contributed by atoms with Crippen LogP contribution in [-0.4, -0.2) is 49.3 Å². The molecule has 1 amide bonds. The van der Waals surface area contributed by atoms with Gasteiger partial charge in [0.05, 0.1) is 6.61 Å². The monoisotopic (exact) mass is 270 g/mol. The van der Waals surface area contributed by atoms with Crippen LogP contribution in [0, 0.1) is 5.92 Å². The Kier molecular flexibility index (Phi) is 6.09. The smallest absolute Gasteiger partial charge is 0.383 e. The average Bonchev–Trinajstić information content (AvgIpc) is 2.20. The fraction of sp³-hybridized carbons (Fsp3) is 0.909. The minimum Gasteiger partial charge on any atom is -0.383 e. The van der Waals surface area contributed by atoms with Gasteiger partial charge in [-0.1, -0.05) is 13.8 Å². The van der Waals surface area contributed by atoms with E-state index in [1.807, 2.05) is 13.8 Å². The van der Waals surface area contributed by atoms with Gasteiger partial charge in [0.2, 0.25) is 0 Å². The molecule has 2 N–H and O–H groups in total. The maximum Gasteiger partial charge on any atom is 0.415 e. The summed E-state index contributed by atoms with van der Waals surface area (Å²) in [5.74, 6) is -1.07. The van der Waals surface area contributed by atoms with Gasteiger partial charge in [-0.05, 0) is 12.8 Å². The highest BCUT2D eigenvalue weighted by molar-refractivity contribution is 5.86. The van der Waals surface area contributed by atoms with Gasteiger partial charge >= 0.3 is 6.18 Å². The third-order valence-electron chi connectivity index (χ3n) is 2.47. The summed E-state index contributed by atoms with van der Waals surface area (Å²) in [4.78, 5) is 13.0. The van der Waals surface area contributed by atoms with E-state index in [1.165, 1.54) is 7.11 Å². The lowest BCUT2D eigenvalue weighted by Gasteiger charge is -2.33. The number of hydrogen-bond acceptors (Lipinski definition) is 3. The highest BCUT2D eigenvalue weighted by Crippen LogP contribution is 2.29. The van der Waals surface area contributed by atoms with Crippen LogP contribution < -0.4 is 5.73 Å². The summed E-state index contributed by atoms with van der Waals surface area (Å²) in [6.07, 6.45) is -4.77. The van der Waals surface area contributed by atoms with Gasteiger partial charge in [0.1, 0.15) is 0 Å². The molecular weight excluding hydrogens is 249 g/mol. The lowest BCUT2D eigenvalue weighted by atomic mass is 10.0. The van der Waals surface area contributed by atoms with Crippen LogP contribution >= 0.6 is 0 Å². The van der Waals surface area contributed by atoms with Gasteiger partial charge in [0.25, 0.3) is 5.91 Å². The Morgan fingerprint density at radius 3 is 2.22 bits per heavy atom. The summed E-state index contributed by atoms with van der Waals surface area (Å²) >= 11 is 0. The van der Waals surface area contributed by atoms with Crippen LogP contribution in [0.3, 0.4) is 0 Å². The van der Waals surface area contributed by atoms with Crippen LogP contribution in [0.2, 0.25) is 0 Å². The first kappa shape index (κ1) is 17.2. The average molecular weight is 270 g/mol. The molecule has 0 heterocycles. The molecule has 0 fully saturated rings. The molecule has 0 aliphatic rings. The Bertz CT molecular complexity index is 278. The quantitative estimate of drug-likeness (QED) is 0.793. The number of carbonyl (C=O) groups excluding carboxylic acids is 1. The molecule has 108 valence electrons. The van der Waals surface area contributed by atoms with Crippen molar-refractivity contribution in [2.45, 2.75) is 32.5 Å². The van der Waals surface area contributed by atoms with Crippen LogP contribution in [0.4, 0.5) is 13.2 Å². The van der Waals surface area contributed by atoms with Crippen molar-refractivity contribution in [2.24, 2.45) is 11.7 Å². The summed E-state index contributed by atoms with van der Waals surface area (Å²) in [7, 11) is 1.42. The Labute approximate surface area is 105 Å². The highest BCUT2D eigenvalue weighted by atomic mass is 19.4. The number of rotatable bonds is 6. The Hall–Kier alpha value is -0.820. The Morgan fingerprint density at radius 2 is 1.89 bits per heavy atom. The maximum atomic E-state index is 12.7. The second-order valence-corrected chi connectivity index (χ2v) is 4.84. The first-order valence-corrected chi connectivity index (χ1v) is 5.68. The fourth-order valence-electron chi connectivity index (χ4n) is 1.37. The zero-order chi connectivity index (χ0) is 14.6. The van der Waals surface area contributed by atoms with Crippen molar-refractivity contribution in [2.75, 3.05) is 26.8 Å². The molecule has 0 saturated heterocycles. The van der Waals surface area contributed by atoms with Crippen LogP contribution in [-0.2, 0) is 9.53 Å². The molecular formula is C11H21F3N2O2. The zero-order valence-electron chi connectivity index (χ0n) is 11.2. The Balaban J connectivity index is 4.94. The molecule has 0 spiro atoms. The standard InChI is InChI=1S/C11H21F3N2O2/c1-8(2)7-16(5-6-18-4)9(17)10(3,15)11(12,13)14/h8H,5-7,15H2,1-4H3. The number of methoxy groups -OCH3 is 1. The molecule has 18 heavy (non-hydrogen) atoms.